The van der Waals surface area contributed by atoms with Crippen LogP contribution in [0.4, 0.5) is 5.69 Å². The Balaban J connectivity index is 3.18. The van der Waals surface area contributed by atoms with Gasteiger partial charge in [0.1, 0.15) is 0 Å². The molecule has 0 radical (unpaired) electrons. The lowest BCUT2D eigenvalue weighted by molar-refractivity contribution is 1.13. The zero-order chi connectivity index (χ0) is 12.6. The van der Waals surface area contributed by atoms with Crippen LogP contribution in [-0.4, -0.2) is 14.0 Å². The minimum absolute atomic E-state index is 0.142. The predicted octanol–water partition coefficient (Wildman–Crippen LogP) is 2.52. The van der Waals surface area contributed by atoms with Gasteiger partial charge in [-0.15, -0.1) is 0 Å². The van der Waals surface area contributed by atoms with Crippen molar-refractivity contribution in [3.05, 3.63) is 28.7 Å². The van der Waals surface area contributed by atoms with Crippen LogP contribution < -0.4 is 4.90 Å². The Labute approximate surface area is 78.2 Å². The van der Waals surface area contributed by atoms with Crippen LogP contribution in [0.5, 0.6) is 0 Å². The second kappa shape index (κ2) is 3.06. The summed E-state index contributed by atoms with van der Waals surface area (Å²) in [4.78, 5) is 0.451. The van der Waals surface area contributed by atoms with Gasteiger partial charge in [-0.1, -0.05) is 15.9 Å². The molecule has 1 rings (SSSR count). The molecule has 0 N–H and O–H groups in total. The van der Waals surface area contributed by atoms with Crippen molar-refractivity contribution < 1.29 is 8.22 Å². The Bertz CT molecular complexity index is 340. The van der Waals surface area contributed by atoms with E-state index in [0.717, 1.165) is 4.47 Å². The highest BCUT2D eigenvalue weighted by Gasteiger charge is 1.91. The number of hydrogen-bond donors (Lipinski definition) is 0. The molecule has 0 aliphatic carbocycles. The van der Waals surface area contributed by atoms with Crippen LogP contribution in [0.3, 0.4) is 0 Å². The van der Waals surface area contributed by atoms with Crippen molar-refractivity contribution in [3.63, 3.8) is 0 Å². The van der Waals surface area contributed by atoms with Gasteiger partial charge in [0.05, 0.1) is 0 Å². The average Bonchev–Trinajstić information content (AvgIpc) is 2.03. The number of anilines is 1. The molecule has 0 saturated heterocycles. The Morgan fingerprint density at radius 3 is 2.40 bits per heavy atom. The highest BCUT2D eigenvalue weighted by atomic mass is 79.9. The van der Waals surface area contributed by atoms with Gasteiger partial charge in [-0.05, 0) is 24.3 Å². The summed E-state index contributed by atoms with van der Waals surface area (Å²) in [5.74, 6) is 0. The van der Waals surface area contributed by atoms with Gasteiger partial charge < -0.3 is 4.90 Å². The summed E-state index contributed by atoms with van der Waals surface area (Å²) in [6.45, 7) is -5.39. The van der Waals surface area contributed by atoms with E-state index in [0.29, 0.717) is 4.90 Å². The van der Waals surface area contributed by atoms with E-state index in [9.17, 15) is 0 Å². The molecule has 0 aromatic heterocycles. The van der Waals surface area contributed by atoms with Crippen LogP contribution in [0, 0.1) is 0 Å². The molecule has 0 fully saturated rings. The third-order valence-corrected chi connectivity index (χ3v) is 1.61. The van der Waals surface area contributed by atoms with E-state index in [1.807, 2.05) is 0 Å². The molecule has 54 valence electrons. The molecular weight excluding hydrogens is 191 g/mol. The predicted molar refractivity (Wildman–Crippen MR) is 48.5 cm³/mol. The number of nitrogens with zero attached hydrogens (tertiary/aromatic N) is 1. The first-order chi connectivity index (χ1) is 7.12. The molecule has 0 saturated carbocycles. The van der Waals surface area contributed by atoms with E-state index in [1.165, 1.54) is 12.1 Å². The van der Waals surface area contributed by atoms with Gasteiger partial charge in [0.15, 0.2) is 0 Å². The quantitative estimate of drug-likeness (QED) is 0.639. The highest BCUT2D eigenvalue weighted by Crippen LogP contribution is 2.15. The first-order valence-electron chi connectivity index (χ1n) is 5.68. The molecule has 0 amide bonds. The van der Waals surface area contributed by atoms with Crippen LogP contribution in [0.1, 0.15) is 8.22 Å². The van der Waals surface area contributed by atoms with Crippen molar-refractivity contribution in [3.8, 4) is 0 Å². The Morgan fingerprint density at radius 1 is 1.30 bits per heavy atom. The fourth-order valence-corrected chi connectivity index (χ4v) is 0.854. The van der Waals surface area contributed by atoms with Crippen LogP contribution in [0.2, 0.25) is 0 Å². The fourth-order valence-electron chi connectivity index (χ4n) is 0.590. The summed E-state index contributed by atoms with van der Waals surface area (Å²) in [5.41, 5.74) is 0.142. The second-order valence-corrected chi connectivity index (χ2v) is 2.73. The third-order valence-electron chi connectivity index (χ3n) is 1.08. The lowest BCUT2D eigenvalue weighted by atomic mass is 10.3. The molecule has 0 atom stereocenters. The van der Waals surface area contributed by atoms with Crippen molar-refractivity contribution in [1.82, 2.24) is 0 Å². The fraction of sp³-hybridized carbons (Fsp3) is 0.250. The number of hydrogen-bond acceptors (Lipinski definition) is 1. The second-order valence-electron chi connectivity index (χ2n) is 1.81. The molecule has 0 spiro atoms. The standard InChI is InChI=1S/C8H10BrN/c1-10(2)8-5-3-7(9)4-6-8/h3-6H,1-2H3/i1D3,2D3,10+1. The lowest BCUT2D eigenvalue weighted by Gasteiger charge is -2.11. The molecule has 10 heavy (non-hydrogen) atoms. The van der Waals surface area contributed by atoms with Crippen molar-refractivity contribution in [2.45, 2.75) is 0 Å². The van der Waals surface area contributed by atoms with Gasteiger partial charge in [-0.2, -0.15) is 0 Å². The van der Waals surface area contributed by atoms with E-state index in [4.69, 9.17) is 8.22 Å². The van der Waals surface area contributed by atoms with Crippen molar-refractivity contribution in [1.29, 1.82) is 0 Å². The van der Waals surface area contributed by atoms with E-state index in [1.54, 1.807) is 12.1 Å². The molecule has 2 heteroatoms. The van der Waals surface area contributed by atoms with Crippen molar-refractivity contribution in [2.24, 2.45) is 0 Å². The van der Waals surface area contributed by atoms with Crippen molar-refractivity contribution in [2.75, 3.05) is 18.9 Å². The minimum Gasteiger partial charge on any atom is -0.378 e. The summed E-state index contributed by atoms with van der Waals surface area (Å²) in [6, 6.07) is 6.09. The number of halogens is 1. The molecule has 0 heterocycles. The van der Waals surface area contributed by atoms with Crippen molar-refractivity contribution >= 4 is 21.6 Å². The Morgan fingerprint density at radius 2 is 1.90 bits per heavy atom. The molecule has 1 aromatic carbocycles. The first kappa shape index (κ1) is 2.86. The van der Waals surface area contributed by atoms with Gasteiger partial charge >= 0.3 is 0 Å². The van der Waals surface area contributed by atoms with Crippen LogP contribution in [0.25, 0.3) is 0 Å². The van der Waals surface area contributed by atoms with E-state index in [-0.39, 0.29) is 5.69 Å². The summed E-state index contributed by atoms with van der Waals surface area (Å²) < 4.78 is 44.1. The van der Waals surface area contributed by atoms with Gasteiger partial charge in [0.2, 0.25) is 0 Å². The zero-order valence-corrected chi connectivity index (χ0v) is 6.72. The largest absolute Gasteiger partial charge is 0.378 e. The summed E-state index contributed by atoms with van der Waals surface area (Å²) in [7, 11) is 0. The van der Waals surface area contributed by atoms with E-state index in [2.05, 4.69) is 15.9 Å². The number of benzene rings is 1. The topological polar surface area (TPSA) is 3.24 Å². The van der Waals surface area contributed by atoms with Crippen LogP contribution in [0.15, 0.2) is 28.7 Å². The van der Waals surface area contributed by atoms with Gasteiger partial charge in [0.25, 0.3) is 0 Å². The SMILES string of the molecule is [2H]C([2H])([2H])[15N](c1ccc(Br)cc1)C([2H])([2H])[2H]. The highest BCUT2D eigenvalue weighted by molar-refractivity contribution is 9.10. The van der Waals surface area contributed by atoms with Crippen LogP contribution in [-0.2, 0) is 0 Å². The minimum atomic E-state index is -2.70. The normalized spacial score (nSPS) is 20.9. The zero-order valence-electron chi connectivity index (χ0n) is 11.1. The van der Waals surface area contributed by atoms with Gasteiger partial charge in [0, 0.05) is 32.3 Å². The first-order valence-corrected chi connectivity index (χ1v) is 3.47. The molecule has 0 unspecified atom stereocenters. The molecule has 0 bridgehead atoms. The monoisotopic (exact) mass is 206 g/mol. The molecule has 1 nitrogen and oxygen atoms in total. The molecular formula is C8H10BrN. The average molecular weight is 207 g/mol. The summed E-state index contributed by atoms with van der Waals surface area (Å²) in [5, 5.41) is 0. The maximum Gasteiger partial charge on any atom is 0.0456 e. The third kappa shape index (κ3) is 1.74. The van der Waals surface area contributed by atoms with Gasteiger partial charge in [-0.25, -0.2) is 0 Å². The number of rotatable bonds is 1. The van der Waals surface area contributed by atoms with Crippen LogP contribution >= 0.6 is 15.9 Å². The molecule has 1 aromatic rings. The maximum absolute atomic E-state index is 7.22. The lowest BCUT2D eigenvalue weighted by Crippen LogP contribution is -2.07. The summed E-state index contributed by atoms with van der Waals surface area (Å²) in [6.07, 6.45) is 0. The molecule has 0 aliphatic rings. The molecule has 0 aliphatic heterocycles. The summed E-state index contributed by atoms with van der Waals surface area (Å²) >= 11 is 3.20. The van der Waals surface area contributed by atoms with Gasteiger partial charge in [-0.3, -0.25) is 0 Å². The maximum atomic E-state index is 7.22. The Kier molecular flexibility index (Phi) is 0.874. The van der Waals surface area contributed by atoms with E-state index >= 15 is 0 Å². The smallest absolute Gasteiger partial charge is 0.0456 e. The van der Waals surface area contributed by atoms with E-state index < -0.39 is 14.0 Å². The Hall–Kier alpha value is -0.500.